The van der Waals surface area contributed by atoms with Gasteiger partial charge in [0.1, 0.15) is 6.04 Å². The number of rotatable bonds is 9. The highest BCUT2D eigenvalue weighted by molar-refractivity contribution is 5.85. The summed E-state index contributed by atoms with van der Waals surface area (Å²) in [6.45, 7) is 6.37. The second kappa shape index (κ2) is 10.6. The molecule has 1 aromatic carbocycles. The second-order valence-corrected chi connectivity index (χ2v) is 6.54. The summed E-state index contributed by atoms with van der Waals surface area (Å²) in [6, 6.07) is 7.81. The van der Waals surface area contributed by atoms with Gasteiger partial charge >= 0.3 is 6.09 Å². The molecule has 0 bridgehead atoms. The van der Waals surface area contributed by atoms with E-state index >= 15 is 0 Å². The minimum atomic E-state index is -0.585. The number of benzene rings is 1. The maximum absolute atomic E-state index is 12.3. The minimum absolute atomic E-state index is 0.0111. The Kier molecular flexibility index (Phi) is 8.81. The first-order chi connectivity index (χ1) is 11.8. The Labute approximate surface area is 150 Å². The molecule has 2 amide bonds. The Bertz CT molecular complexity index is 541. The fourth-order valence-corrected chi connectivity index (χ4v) is 2.41. The molecule has 0 radical (unpaired) electrons. The molecule has 25 heavy (non-hydrogen) atoms. The molecule has 1 atom stereocenters. The van der Waals surface area contributed by atoms with Crippen molar-refractivity contribution in [2.24, 2.45) is 5.92 Å². The van der Waals surface area contributed by atoms with E-state index in [1.807, 2.05) is 27.9 Å². The number of nitrogens with zero attached hydrogens (tertiary/aromatic N) is 1. The number of carbonyl (C=O) groups excluding carboxylic acids is 2. The van der Waals surface area contributed by atoms with Crippen molar-refractivity contribution >= 4 is 17.7 Å². The Morgan fingerprint density at radius 1 is 1.16 bits per heavy atom. The summed E-state index contributed by atoms with van der Waals surface area (Å²) in [5.41, 5.74) is 2.41. The van der Waals surface area contributed by atoms with E-state index in [-0.39, 0.29) is 18.4 Å². The average Bonchev–Trinajstić information content (AvgIpc) is 2.56. The zero-order valence-electron chi connectivity index (χ0n) is 16.0. The van der Waals surface area contributed by atoms with Crippen LogP contribution in [0.3, 0.4) is 0 Å². The molecule has 1 unspecified atom stereocenters. The number of hydrogen-bond donors (Lipinski definition) is 2. The maximum Gasteiger partial charge on any atom is 0.407 e. The van der Waals surface area contributed by atoms with Crippen molar-refractivity contribution in [1.29, 1.82) is 0 Å². The van der Waals surface area contributed by atoms with E-state index in [2.05, 4.69) is 39.8 Å². The van der Waals surface area contributed by atoms with Crippen LogP contribution in [0.1, 0.15) is 32.8 Å². The van der Waals surface area contributed by atoms with Crippen LogP contribution in [0, 0.1) is 5.92 Å². The van der Waals surface area contributed by atoms with Gasteiger partial charge in [0.05, 0.1) is 6.61 Å². The molecule has 0 heterocycles. The first-order valence-corrected chi connectivity index (χ1v) is 8.82. The summed E-state index contributed by atoms with van der Waals surface area (Å²) in [5, 5.41) is 5.51. The smallest absolute Gasteiger partial charge is 0.407 e. The van der Waals surface area contributed by atoms with Gasteiger partial charge in [-0.3, -0.25) is 4.79 Å². The molecule has 0 aromatic heterocycles. The number of anilines is 1. The number of amides is 2. The lowest BCUT2D eigenvalue weighted by Gasteiger charge is -2.21. The van der Waals surface area contributed by atoms with Crippen LogP contribution >= 0.6 is 0 Å². The molecule has 0 aliphatic heterocycles. The van der Waals surface area contributed by atoms with E-state index in [0.717, 1.165) is 12.8 Å². The van der Waals surface area contributed by atoms with E-state index in [1.165, 1.54) is 11.3 Å². The summed E-state index contributed by atoms with van der Waals surface area (Å²) < 4.78 is 4.85. The fraction of sp³-hybridized carbons (Fsp3) is 0.579. The highest BCUT2D eigenvalue weighted by Gasteiger charge is 2.24. The third-order valence-electron chi connectivity index (χ3n) is 3.89. The van der Waals surface area contributed by atoms with Crippen LogP contribution in [0.4, 0.5) is 10.5 Å². The van der Waals surface area contributed by atoms with Crippen LogP contribution in [0.5, 0.6) is 0 Å². The summed E-state index contributed by atoms with van der Waals surface area (Å²) in [6.07, 6.45) is 1.18. The van der Waals surface area contributed by atoms with Gasteiger partial charge in [0, 0.05) is 26.3 Å². The van der Waals surface area contributed by atoms with Gasteiger partial charge < -0.3 is 20.3 Å². The molecular formula is C19H31N3O3. The Morgan fingerprint density at radius 3 is 2.32 bits per heavy atom. The van der Waals surface area contributed by atoms with E-state index in [9.17, 15) is 9.59 Å². The van der Waals surface area contributed by atoms with Gasteiger partial charge in [-0.2, -0.15) is 0 Å². The third-order valence-corrected chi connectivity index (χ3v) is 3.89. The Hall–Kier alpha value is -2.24. The van der Waals surface area contributed by atoms with Gasteiger partial charge in [-0.05, 0) is 43.4 Å². The average molecular weight is 349 g/mol. The molecule has 2 N–H and O–H groups in total. The van der Waals surface area contributed by atoms with Gasteiger partial charge in [-0.15, -0.1) is 0 Å². The van der Waals surface area contributed by atoms with Crippen molar-refractivity contribution in [2.45, 2.75) is 39.7 Å². The lowest BCUT2D eigenvalue weighted by Crippen LogP contribution is -2.50. The van der Waals surface area contributed by atoms with Crippen LogP contribution in [0.25, 0.3) is 0 Å². The van der Waals surface area contributed by atoms with Crippen molar-refractivity contribution in [3.05, 3.63) is 29.8 Å². The maximum atomic E-state index is 12.3. The number of carbonyl (C=O) groups is 2. The summed E-state index contributed by atoms with van der Waals surface area (Å²) in [4.78, 5) is 25.9. The van der Waals surface area contributed by atoms with E-state index in [0.29, 0.717) is 6.54 Å². The van der Waals surface area contributed by atoms with Gasteiger partial charge in [-0.25, -0.2) is 4.79 Å². The highest BCUT2D eigenvalue weighted by Crippen LogP contribution is 2.13. The zero-order chi connectivity index (χ0) is 18.8. The van der Waals surface area contributed by atoms with Gasteiger partial charge in [0.15, 0.2) is 0 Å². The molecule has 1 aromatic rings. The quantitative estimate of drug-likeness (QED) is 0.672. The SMILES string of the molecule is CCOC(=O)NC(C(=O)NCCCc1ccc(N(C)C)cc1)C(C)C. The van der Waals surface area contributed by atoms with Crippen LogP contribution in [0.2, 0.25) is 0 Å². The number of aryl methyl sites for hydroxylation is 1. The van der Waals surface area contributed by atoms with Crippen molar-refractivity contribution in [3.63, 3.8) is 0 Å². The van der Waals surface area contributed by atoms with E-state index in [4.69, 9.17) is 4.74 Å². The molecule has 0 spiro atoms. The van der Waals surface area contributed by atoms with Crippen molar-refractivity contribution in [1.82, 2.24) is 10.6 Å². The second-order valence-electron chi connectivity index (χ2n) is 6.54. The molecule has 0 saturated carbocycles. The molecule has 0 aliphatic carbocycles. The fourth-order valence-electron chi connectivity index (χ4n) is 2.41. The molecule has 6 heteroatoms. The summed E-state index contributed by atoms with van der Waals surface area (Å²) in [5.74, 6) is -0.186. The standard InChI is InChI=1S/C19H31N3O3/c1-6-25-19(24)21-17(14(2)3)18(23)20-13-7-8-15-9-11-16(12-10-15)22(4)5/h9-12,14,17H,6-8,13H2,1-5H3,(H,20,23)(H,21,24). The molecular weight excluding hydrogens is 318 g/mol. The topological polar surface area (TPSA) is 70.7 Å². The minimum Gasteiger partial charge on any atom is -0.450 e. The monoisotopic (exact) mass is 349 g/mol. The molecule has 0 aliphatic rings. The van der Waals surface area contributed by atoms with Gasteiger partial charge in [0.25, 0.3) is 0 Å². The van der Waals surface area contributed by atoms with E-state index < -0.39 is 12.1 Å². The zero-order valence-corrected chi connectivity index (χ0v) is 16.0. The van der Waals surface area contributed by atoms with Gasteiger partial charge in [0.2, 0.25) is 5.91 Å². The van der Waals surface area contributed by atoms with Crippen molar-refractivity contribution in [2.75, 3.05) is 32.1 Å². The summed E-state index contributed by atoms with van der Waals surface area (Å²) in [7, 11) is 4.03. The normalized spacial score (nSPS) is 11.8. The van der Waals surface area contributed by atoms with E-state index in [1.54, 1.807) is 6.92 Å². The first-order valence-electron chi connectivity index (χ1n) is 8.82. The number of nitrogens with one attached hydrogen (secondary N) is 2. The largest absolute Gasteiger partial charge is 0.450 e. The van der Waals surface area contributed by atoms with Gasteiger partial charge in [-0.1, -0.05) is 26.0 Å². The van der Waals surface area contributed by atoms with Crippen LogP contribution in [0.15, 0.2) is 24.3 Å². The third kappa shape index (κ3) is 7.45. The molecule has 0 fully saturated rings. The van der Waals surface area contributed by atoms with Crippen molar-refractivity contribution in [3.8, 4) is 0 Å². The Balaban J connectivity index is 2.39. The molecule has 140 valence electrons. The molecule has 0 saturated heterocycles. The lowest BCUT2D eigenvalue weighted by atomic mass is 10.0. The predicted molar refractivity (Wildman–Crippen MR) is 101 cm³/mol. The lowest BCUT2D eigenvalue weighted by molar-refractivity contribution is -0.124. The molecule has 6 nitrogen and oxygen atoms in total. The highest BCUT2D eigenvalue weighted by atomic mass is 16.5. The number of alkyl carbamates (subject to hydrolysis) is 1. The van der Waals surface area contributed by atoms with Crippen molar-refractivity contribution < 1.29 is 14.3 Å². The van der Waals surface area contributed by atoms with Crippen LogP contribution < -0.4 is 15.5 Å². The Morgan fingerprint density at radius 2 is 1.80 bits per heavy atom. The molecule has 1 rings (SSSR count). The van der Waals surface area contributed by atoms with Crippen LogP contribution in [-0.4, -0.2) is 45.3 Å². The van der Waals surface area contributed by atoms with Crippen LogP contribution in [-0.2, 0) is 16.0 Å². The summed E-state index contributed by atoms with van der Waals surface area (Å²) >= 11 is 0. The number of hydrogen-bond acceptors (Lipinski definition) is 4. The predicted octanol–water partition coefficient (Wildman–Crippen LogP) is 2.57. The first kappa shape index (κ1) is 20.8. The number of ether oxygens (including phenoxy) is 1.